The van der Waals surface area contributed by atoms with Crippen molar-refractivity contribution in [2.75, 3.05) is 6.61 Å². The number of ether oxygens (including phenoxy) is 1. The van der Waals surface area contributed by atoms with Crippen molar-refractivity contribution in [2.24, 2.45) is 5.92 Å². The van der Waals surface area contributed by atoms with Gasteiger partial charge >= 0.3 is 0 Å². The molecule has 0 aliphatic heterocycles. The Bertz CT molecular complexity index is 271. The van der Waals surface area contributed by atoms with Crippen molar-refractivity contribution in [3.05, 3.63) is 35.9 Å². The smallest absolute Gasteiger partial charge is 0.0717 e. The lowest BCUT2D eigenvalue weighted by Gasteiger charge is -2.31. The Morgan fingerprint density at radius 3 is 2.57 bits per heavy atom. The minimum atomic E-state index is -0.120. The SMILES string of the molecule is O[C@H]1CC[C@H]1COCc1ccccc1. The molecule has 0 radical (unpaired) electrons. The molecule has 1 fully saturated rings. The standard InChI is InChI=1S/C12H16O2/c13-12-7-6-11(12)9-14-8-10-4-2-1-3-5-10/h1-5,11-13H,6-9H2/t11-,12-/m0/s1. The van der Waals surface area contributed by atoms with Crippen LogP contribution < -0.4 is 0 Å². The van der Waals surface area contributed by atoms with E-state index in [0.29, 0.717) is 19.1 Å². The first-order chi connectivity index (χ1) is 6.86. The fraction of sp³-hybridized carbons (Fsp3) is 0.500. The third kappa shape index (κ3) is 2.34. The Balaban J connectivity index is 1.68. The van der Waals surface area contributed by atoms with Crippen molar-refractivity contribution in [3.8, 4) is 0 Å². The monoisotopic (exact) mass is 192 g/mol. The predicted octanol–water partition coefficient (Wildman–Crippen LogP) is 1.97. The molecule has 1 saturated carbocycles. The first-order valence-electron chi connectivity index (χ1n) is 5.16. The Labute approximate surface area is 84.5 Å². The number of rotatable bonds is 4. The fourth-order valence-corrected chi connectivity index (χ4v) is 1.65. The van der Waals surface area contributed by atoms with E-state index in [4.69, 9.17) is 4.74 Å². The van der Waals surface area contributed by atoms with Crippen LogP contribution in [0.3, 0.4) is 0 Å². The summed E-state index contributed by atoms with van der Waals surface area (Å²) in [6, 6.07) is 10.1. The zero-order chi connectivity index (χ0) is 9.80. The Kier molecular flexibility index (Phi) is 3.17. The Morgan fingerprint density at radius 2 is 2.00 bits per heavy atom. The topological polar surface area (TPSA) is 29.5 Å². The van der Waals surface area contributed by atoms with Gasteiger partial charge in [-0.05, 0) is 18.4 Å². The number of aliphatic hydroxyl groups is 1. The third-order valence-corrected chi connectivity index (χ3v) is 2.82. The maximum atomic E-state index is 9.32. The molecule has 2 nitrogen and oxygen atoms in total. The highest BCUT2D eigenvalue weighted by Gasteiger charge is 2.28. The van der Waals surface area contributed by atoms with Crippen LogP contribution in [0.5, 0.6) is 0 Å². The quantitative estimate of drug-likeness (QED) is 0.790. The highest BCUT2D eigenvalue weighted by Crippen LogP contribution is 2.27. The van der Waals surface area contributed by atoms with E-state index in [1.54, 1.807) is 0 Å². The zero-order valence-corrected chi connectivity index (χ0v) is 8.23. The molecule has 1 aromatic rings. The fourth-order valence-electron chi connectivity index (χ4n) is 1.65. The minimum Gasteiger partial charge on any atom is -0.393 e. The van der Waals surface area contributed by atoms with Gasteiger partial charge in [0.15, 0.2) is 0 Å². The molecule has 76 valence electrons. The highest BCUT2D eigenvalue weighted by atomic mass is 16.5. The maximum Gasteiger partial charge on any atom is 0.0717 e. The van der Waals surface area contributed by atoms with Gasteiger partial charge in [-0.1, -0.05) is 30.3 Å². The summed E-state index contributed by atoms with van der Waals surface area (Å²) in [6.07, 6.45) is 1.93. The van der Waals surface area contributed by atoms with Crippen LogP contribution in [0, 0.1) is 5.92 Å². The summed E-state index contributed by atoms with van der Waals surface area (Å²) in [7, 11) is 0. The first-order valence-corrected chi connectivity index (χ1v) is 5.16. The van der Waals surface area contributed by atoms with Crippen LogP contribution >= 0.6 is 0 Å². The molecule has 2 heteroatoms. The molecule has 2 atom stereocenters. The van der Waals surface area contributed by atoms with Crippen LogP contribution in [0.4, 0.5) is 0 Å². The lowest BCUT2D eigenvalue weighted by Crippen LogP contribution is -2.34. The highest BCUT2D eigenvalue weighted by molar-refractivity contribution is 5.13. The van der Waals surface area contributed by atoms with Gasteiger partial charge in [0.05, 0.1) is 19.3 Å². The van der Waals surface area contributed by atoms with Gasteiger partial charge in [0.1, 0.15) is 0 Å². The normalized spacial score (nSPS) is 25.8. The van der Waals surface area contributed by atoms with Gasteiger partial charge in [0.2, 0.25) is 0 Å². The van der Waals surface area contributed by atoms with Crippen LogP contribution in [0.15, 0.2) is 30.3 Å². The molecule has 0 spiro atoms. The van der Waals surface area contributed by atoms with E-state index in [2.05, 4.69) is 12.1 Å². The molecule has 0 unspecified atom stereocenters. The van der Waals surface area contributed by atoms with Gasteiger partial charge < -0.3 is 9.84 Å². The van der Waals surface area contributed by atoms with Crippen molar-refractivity contribution in [1.82, 2.24) is 0 Å². The Hall–Kier alpha value is -0.860. The summed E-state index contributed by atoms with van der Waals surface area (Å²) in [5.74, 6) is 0.374. The summed E-state index contributed by atoms with van der Waals surface area (Å²) < 4.78 is 5.53. The van der Waals surface area contributed by atoms with E-state index < -0.39 is 0 Å². The van der Waals surface area contributed by atoms with Crippen molar-refractivity contribution in [2.45, 2.75) is 25.6 Å². The minimum absolute atomic E-state index is 0.120. The average Bonchev–Trinajstić information content (AvgIpc) is 2.24. The molecule has 0 aromatic heterocycles. The van der Waals surface area contributed by atoms with E-state index in [1.165, 1.54) is 5.56 Å². The van der Waals surface area contributed by atoms with E-state index >= 15 is 0 Å². The maximum absolute atomic E-state index is 9.32. The van der Waals surface area contributed by atoms with E-state index in [9.17, 15) is 5.11 Å². The van der Waals surface area contributed by atoms with Gasteiger partial charge in [-0.25, -0.2) is 0 Å². The van der Waals surface area contributed by atoms with Crippen LogP contribution in [-0.2, 0) is 11.3 Å². The predicted molar refractivity (Wildman–Crippen MR) is 54.8 cm³/mol. The number of benzene rings is 1. The van der Waals surface area contributed by atoms with E-state index in [1.807, 2.05) is 18.2 Å². The van der Waals surface area contributed by atoms with Crippen LogP contribution in [-0.4, -0.2) is 17.8 Å². The van der Waals surface area contributed by atoms with Crippen LogP contribution in [0.25, 0.3) is 0 Å². The van der Waals surface area contributed by atoms with Crippen molar-refractivity contribution >= 4 is 0 Å². The number of hydrogen-bond acceptors (Lipinski definition) is 2. The first kappa shape index (κ1) is 9.69. The average molecular weight is 192 g/mol. The molecular formula is C12H16O2. The summed E-state index contributed by atoms with van der Waals surface area (Å²) in [6.45, 7) is 1.35. The summed E-state index contributed by atoms with van der Waals surface area (Å²) in [4.78, 5) is 0. The van der Waals surface area contributed by atoms with Gasteiger partial charge in [-0.3, -0.25) is 0 Å². The molecular weight excluding hydrogens is 176 g/mol. The molecule has 1 aliphatic carbocycles. The van der Waals surface area contributed by atoms with Crippen molar-refractivity contribution in [1.29, 1.82) is 0 Å². The lowest BCUT2D eigenvalue weighted by atomic mass is 9.83. The Morgan fingerprint density at radius 1 is 1.21 bits per heavy atom. The molecule has 2 rings (SSSR count). The van der Waals surface area contributed by atoms with E-state index in [-0.39, 0.29) is 6.10 Å². The van der Waals surface area contributed by atoms with Gasteiger partial charge in [0, 0.05) is 5.92 Å². The largest absolute Gasteiger partial charge is 0.393 e. The second-order valence-corrected chi connectivity index (χ2v) is 3.91. The molecule has 0 saturated heterocycles. The molecule has 14 heavy (non-hydrogen) atoms. The van der Waals surface area contributed by atoms with Gasteiger partial charge in [0.25, 0.3) is 0 Å². The lowest BCUT2D eigenvalue weighted by molar-refractivity contribution is -0.0354. The van der Waals surface area contributed by atoms with Crippen LogP contribution in [0.2, 0.25) is 0 Å². The van der Waals surface area contributed by atoms with Crippen molar-refractivity contribution < 1.29 is 9.84 Å². The number of hydrogen-bond donors (Lipinski definition) is 1. The second-order valence-electron chi connectivity index (χ2n) is 3.91. The van der Waals surface area contributed by atoms with Gasteiger partial charge in [-0.15, -0.1) is 0 Å². The summed E-state index contributed by atoms with van der Waals surface area (Å²) >= 11 is 0. The summed E-state index contributed by atoms with van der Waals surface area (Å²) in [5, 5.41) is 9.32. The molecule has 1 N–H and O–H groups in total. The van der Waals surface area contributed by atoms with Gasteiger partial charge in [-0.2, -0.15) is 0 Å². The molecule has 0 bridgehead atoms. The third-order valence-electron chi connectivity index (χ3n) is 2.82. The van der Waals surface area contributed by atoms with Crippen LogP contribution in [0.1, 0.15) is 18.4 Å². The molecule has 1 aliphatic rings. The second kappa shape index (κ2) is 4.58. The molecule has 0 amide bonds. The summed E-state index contributed by atoms with van der Waals surface area (Å²) in [5.41, 5.74) is 1.20. The van der Waals surface area contributed by atoms with Crippen molar-refractivity contribution in [3.63, 3.8) is 0 Å². The molecule has 0 heterocycles. The van der Waals surface area contributed by atoms with E-state index in [0.717, 1.165) is 12.8 Å². The zero-order valence-electron chi connectivity index (χ0n) is 8.23. The molecule has 1 aromatic carbocycles. The number of aliphatic hydroxyl groups excluding tert-OH is 1.